The van der Waals surface area contributed by atoms with Gasteiger partial charge in [-0.05, 0) is 42.0 Å². The van der Waals surface area contributed by atoms with Crippen LogP contribution >= 0.6 is 0 Å². The van der Waals surface area contributed by atoms with Gasteiger partial charge in [-0.3, -0.25) is 4.90 Å². The summed E-state index contributed by atoms with van der Waals surface area (Å²) in [4.78, 5) is 29.8. The largest absolute Gasteiger partial charge is 0.497 e. The number of piperazine rings is 1. The molecule has 0 aromatic heterocycles. The minimum absolute atomic E-state index is 0.347. The molecular formula is C25H30N4O5. The second-order valence-corrected chi connectivity index (χ2v) is 8.15. The van der Waals surface area contributed by atoms with Crippen molar-refractivity contribution in [3.63, 3.8) is 0 Å². The standard InChI is InChI=1S/C25H30N4O5/c1-32-19-8-4-17(5-9-19)23-22(24(30)34-3)21(26-25(31)27-23)16-28-12-14-29(15-13-28)18-6-10-20(33-2)11-7-18/h4-11,23H,12-16H2,1-3H3,(H2,26,27,31)/t23-/m0/s1. The third-order valence-corrected chi connectivity index (χ3v) is 6.20. The molecule has 2 aromatic rings. The van der Waals surface area contributed by atoms with Crippen LogP contribution in [0.5, 0.6) is 11.5 Å². The van der Waals surface area contributed by atoms with Gasteiger partial charge in [0.05, 0.1) is 32.9 Å². The molecule has 0 aliphatic carbocycles. The highest BCUT2D eigenvalue weighted by atomic mass is 16.5. The van der Waals surface area contributed by atoms with E-state index in [-0.39, 0.29) is 6.03 Å². The summed E-state index contributed by atoms with van der Waals surface area (Å²) >= 11 is 0. The van der Waals surface area contributed by atoms with Gasteiger partial charge in [0.15, 0.2) is 0 Å². The van der Waals surface area contributed by atoms with Crippen molar-refractivity contribution in [2.45, 2.75) is 6.04 Å². The molecule has 9 heteroatoms. The van der Waals surface area contributed by atoms with Gasteiger partial charge in [0.2, 0.25) is 0 Å². The number of hydrogen-bond donors (Lipinski definition) is 2. The number of carbonyl (C=O) groups excluding carboxylic acids is 2. The second-order valence-electron chi connectivity index (χ2n) is 8.15. The van der Waals surface area contributed by atoms with Crippen molar-refractivity contribution in [1.82, 2.24) is 15.5 Å². The Labute approximate surface area is 199 Å². The summed E-state index contributed by atoms with van der Waals surface area (Å²) in [5, 5.41) is 5.70. The summed E-state index contributed by atoms with van der Waals surface area (Å²) in [6.07, 6.45) is 0. The van der Waals surface area contributed by atoms with Gasteiger partial charge in [-0.2, -0.15) is 0 Å². The molecule has 2 aliphatic rings. The zero-order valence-electron chi connectivity index (χ0n) is 19.7. The van der Waals surface area contributed by atoms with Crippen LogP contribution in [-0.4, -0.2) is 71.0 Å². The van der Waals surface area contributed by atoms with Crippen LogP contribution in [0.4, 0.5) is 10.5 Å². The van der Waals surface area contributed by atoms with E-state index in [1.807, 2.05) is 24.3 Å². The van der Waals surface area contributed by atoms with E-state index < -0.39 is 12.0 Å². The van der Waals surface area contributed by atoms with E-state index in [1.54, 1.807) is 26.4 Å². The quantitative estimate of drug-likeness (QED) is 0.605. The van der Waals surface area contributed by atoms with Crippen LogP contribution in [0.25, 0.3) is 0 Å². The summed E-state index contributed by atoms with van der Waals surface area (Å²) in [6, 6.07) is 14.3. The van der Waals surface area contributed by atoms with Gasteiger partial charge in [-0.15, -0.1) is 0 Å². The van der Waals surface area contributed by atoms with Crippen LogP contribution in [0.3, 0.4) is 0 Å². The molecule has 1 atom stereocenters. The van der Waals surface area contributed by atoms with Gasteiger partial charge in [0, 0.05) is 44.1 Å². The molecule has 4 rings (SSSR count). The van der Waals surface area contributed by atoms with Crippen LogP contribution in [0.15, 0.2) is 59.8 Å². The minimum atomic E-state index is -0.609. The van der Waals surface area contributed by atoms with Crippen molar-refractivity contribution in [3.8, 4) is 11.5 Å². The first-order valence-corrected chi connectivity index (χ1v) is 11.2. The molecule has 1 saturated heterocycles. The van der Waals surface area contributed by atoms with E-state index >= 15 is 0 Å². The number of nitrogens with one attached hydrogen (secondary N) is 2. The Morgan fingerprint density at radius 1 is 0.912 bits per heavy atom. The summed E-state index contributed by atoms with van der Waals surface area (Å²) in [5.41, 5.74) is 2.89. The number of methoxy groups -OCH3 is 3. The van der Waals surface area contributed by atoms with E-state index in [0.29, 0.717) is 23.6 Å². The number of rotatable bonds is 7. The van der Waals surface area contributed by atoms with Gasteiger partial charge in [0.25, 0.3) is 0 Å². The number of benzene rings is 2. The van der Waals surface area contributed by atoms with E-state index in [9.17, 15) is 9.59 Å². The Bertz CT molecular complexity index is 1040. The lowest BCUT2D eigenvalue weighted by atomic mass is 9.95. The highest BCUT2D eigenvalue weighted by Gasteiger charge is 2.34. The molecule has 1 fully saturated rings. The molecule has 180 valence electrons. The van der Waals surface area contributed by atoms with Crippen molar-refractivity contribution < 1.29 is 23.8 Å². The van der Waals surface area contributed by atoms with Crippen LogP contribution in [-0.2, 0) is 9.53 Å². The SMILES string of the molecule is COC(=O)C1=C(CN2CCN(c3ccc(OC)cc3)CC2)NC(=O)N[C@H]1c1ccc(OC)cc1. The fourth-order valence-electron chi connectivity index (χ4n) is 4.32. The van der Waals surface area contributed by atoms with Crippen molar-refractivity contribution in [1.29, 1.82) is 0 Å². The lowest BCUT2D eigenvalue weighted by molar-refractivity contribution is -0.136. The Morgan fingerprint density at radius 2 is 1.50 bits per heavy atom. The Morgan fingerprint density at radius 3 is 2.06 bits per heavy atom. The fourth-order valence-corrected chi connectivity index (χ4v) is 4.32. The predicted molar refractivity (Wildman–Crippen MR) is 128 cm³/mol. The highest BCUT2D eigenvalue weighted by Crippen LogP contribution is 2.29. The summed E-state index contributed by atoms with van der Waals surface area (Å²) in [5.74, 6) is 1.06. The van der Waals surface area contributed by atoms with Gasteiger partial charge >= 0.3 is 12.0 Å². The van der Waals surface area contributed by atoms with Crippen LogP contribution in [0.2, 0.25) is 0 Å². The molecule has 2 N–H and O–H groups in total. The third kappa shape index (κ3) is 5.09. The first kappa shape index (κ1) is 23.4. The predicted octanol–water partition coefficient (Wildman–Crippen LogP) is 2.31. The van der Waals surface area contributed by atoms with Crippen molar-refractivity contribution in [3.05, 3.63) is 65.4 Å². The Kier molecular flexibility index (Phi) is 7.22. The first-order valence-electron chi connectivity index (χ1n) is 11.2. The Balaban J connectivity index is 1.51. The summed E-state index contributed by atoms with van der Waals surface area (Å²) < 4.78 is 15.6. The number of anilines is 1. The molecule has 2 heterocycles. The monoisotopic (exact) mass is 466 g/mol. The van der Waals surface area contributed by atoms with Crippen LogP contribution in [0, 0.1) is 0 Å². The molecule has 0 radical (unpaired) electrons. The van der Waals surface area contributed by atoms with E-state index in [2.05, 4.69) is 32.6 Å². The summed E-state index contributed by atoms with van der Waals surface area (Å²) in [7, 11) is 4.60. The zero-order valence-corrected chi connectivity index (χ0v) is 19.7. The highest BCUT2D eigenvalue weighted by molar-refractivity contribution is 5.95. The molecule has 9 nitrogen and oxygen atoms in total. The van der Waals surface area contributed by atoms with Gasteiger partial charge < -0.3 is 29.7 Å². The van der Waals surface area contributed by atoms with Crippen LogP contribution < -0.4 is 25.0 Å². The minimum Gasteiger partial charge on any atom is -0.497 e. The molecule has 2 amide bonds. The van der Waals surface area contributed by atoms with Crippen molar-refractivity contribution in [2.75, 3.05) is 59.0 Å². The topological polar surface area (TPSA) is 92.4 Å². The van der Waals surface area contributed by atoms with Crippen molar-refractivity contribution >= 4 is 17.7 Å². The van der Waals surface area contributed by atoms with Crippen LogP contribution in [0.1, 0.15) is 11.6 Å². The normalized spacial score (nSPS) is 18.7. The number of nitrogens with zero attached hydrogens (tertiary/aromatic N) is 2. The lowest BCUT2D eigenvalue weighted by Gasteiger charge is -2.38. The number of amides is 2. The third-order valence-electron chi connectivity index (χ3n) is 6.20. The molecule has 2 aromatic carbocycles. The number of esters is 1. The number of carbonyl (C=O) groups is 2. The fraction of sp³-hybridized carbons (Fsp3) is 0.360. The molecule has 0 spiro atoms. The number of urea groups is 1. The number of hydrogen-bond acceptors (Lipinski definition) is 7. The maximum absolute atomic E-state index is 12.8. The second kappa shape index (κ2) is 10.5. The molecule has 2 aliphatic heterocycles. The van der Waals surface area contributed by atoms with E-state index in [0.717, 1.165) is 43.2 Å². The van der Waals surface area contributed by atoms with E-state index in [1.165, 1.54) is 7.11 Å². The first-order chi connectivity index (χ1) is 16.5. The van der Waals surface area contributed by atoms with Gasteiger partial charge in [-0.25, -0.2) is 9.59 Å². The van der Waals surface area contributed by atoms with E-state index in [4.69, 9.17) is 14.2 Å². The molecule has 0 saturated carbocycles. The summed E-state index contributed by atoms with van der Waals surface area (Å²) in [6.45, 7) is 3.70. The average Bonchev–Trinajstić information content (AvgIpc) is 2.88. The Hall–Kier alpha value is -3.72. The van der Waals surface area contributed by atoms with Gasteiger partial charge in [0.1, 0.15) is 11.5 Å². The molecular weight excluding hydrogens is 436 g/mol. The van der Waals surface area contributed by atoms with Gasteiger partial charge in [-0.1, -0.05) is 12.1 Å². The molecule has 34 heavy (non-hydrogen) atoms. The lowest BCUT2D eigenvalue weighted by Crippen LogP contribution is -2.51. The van der Waals surface area contributed by atoms with Crippen molar-refractivity contribution in [2.24, 2.45) is 0 Å². The maximum atomic E-state index is 12.8. The number of ether oxygens (including phenoxy) is 3. The maximum Gasteiger partial charge on any atom is 0.338 e. The smallest absolute Gasteiger partial charge is 0.338 e. The molecule has 0 unspecified atom stereocenters. The molecule has 0 bridgehead atoms. The zero-order chi connectivity index (χ0) is 24.1. The average molecular weight is 467 g/mol.